The van der Waals surface area contributed by atoms with Crippen LogP contribution in [-0.4, -0.2) is 28.9 Å². The number of H-pyrrole nitrogens is 1. The van der Waals surface area contributed by atoms with Gasteiger partial charge in [0, 0.05) is 17.8 Å². The maximum atomic E-state index is 13.1. The molecule has 0 spiro atoms. The Morgan fingerprint density at radius 1 is 0.892 bits per heavy atom. The molecule has 0 fully saturated rings. The first kappa shape index (κ1) is 23.6. The van der Waals surface area contributed by atoms with Gasteiger partial charge in [-0.15, -0.1) is 0 Å². The lowest BCUT2D eigenvalue weighted by Gasteiger charge is -2.23. The van der Waals surface area contributed by atoms with E-state index >= 15 is 0 Å². The molecule has 0 bridgehead atoms. The summed E-state index contributed by atoms with van der Waals surface area (Å²) >= 11 is 0. The van der Waals surface area contributed by atoms with Gasteiger partial charge in [0.25, 0.3) is 5.56 Å². The molecule has 0 radical (unpaired) electrons. The summed E-state index contributed by atoms with van der Waals surface area (Å²) in [6.45, 7) is 0. The number of nitrogens with one attached hydrogen (secondary N) is 4. The molecule has 2 amide bonds. The Kier molecular flexibility index (Phi) is 6.54. The molecule has 186 valence electrons. The van der Waals surface area contributed by atoms with Crippen molar-refractivity contribution in [3.8, 4) is 17.2 Å². The maximum Gasteiger partial charge on any atom is 0.258 e. The van der Waals surface area contributed by atoms with Crippen molar-refractivity contribution in [3.05, 3.63) is 94.8 Å². The van der Waals surface area contributed by atoms with Crippen LogP contribution in [0.15, 0.2) is 83.7 Å². The van der Waals surface area contributed by atoms with Crippen LogP contribution < -0.4 is 31.0 Å². The highest BCUT2D eigenvalue weighted by molar-refractivity contribution is 6.04. The summed E-state index contributed by atoms with van der Waals surface area (Å²) in [5.41, 5.74) is 0.731. The van der Waals surface area contributed by atoms with Crippen molar-refractivity contribution in [3.63, 3.8) is 0 Å². The van der Waals surface area contributed by atoms with E-state index in [9.17, 15) is 14.4 Å². The average molecular weight is 498 g/mol. The van der Waals surface area contributed by atoms with Crippen molar-refractivity contribution in [1.29, 1.82) is 0 Å². The Morgan fingerprint density at radius 2 is 1.54 bits per heavy atom. The summed E-state index contributed by atoms with van der Waals surface area (Å²) in [4.78, 5) is 45.4. The lowest BCUT2D eigenvalue weighted by Crippen LogP contribution is -2.36. The van der Waals surface area contributed by atoms with Gasteiger partial charge in [-0.25, -0.2) is 0 Å². The van der Waals surface area contributed by atoms with Gasteiger partial charge >= 0.3 is 0 Å². The van der Waals surface area contributed by atoms with Gasteiger partial charge in [0.15, 0.2) is 0 Å². The molecule has 1 aliphatic rings. The molecule has 10 nitrogen and oxygen atoms in total. The molecule has 0 saturated carbocycles. The molecule has 3 aromatic carbocycles. The molecule has 5 rings (SSSR count). The van der Waals surface area contributed by atoms with Crippen LogP contribution in [0.5, 0.6) is 17.2 Å². The quantitative estimate of drug-likeness (QED) is 0.298. The van der Waals surface area contributed by atoms with Gasteiger partial charge in [-0.2, -0.15) is 4.98 Å². The summed E-state index contributed by atoms with van der Waals surface area (Å²) in [6.07, 6.45) is -0.177. The third-order valence-electron chi connectivity index (χ3n) is 5.72. The highest BCUT2D eigenvalue weighted by Gasteiger charge is 2.34. The van der Waals surface area contributed by atoms with Crippen LogP contribution in [0.3, 0.4) is 0 Å². The van der Waals surface area contributed by atoms with E-state index in [2.05, 4.69) is 25.9 Å². The van der Waals surface area contributed by atoms with E-state index in [1.165, 1.54) is 0 Å². The predicted molar refractivity (Wildman–Crippen MR) is 139 cm³/mol. The van der Waals surface area contributed by atoms with E-state index in [0.29, 0.717) is 28.6 Å². The van der Waals surface area contributed by atoms with E-state index in [1.807, 2.05) is 30.3 Å². The fourth-order valence-corrected chi connectivity index (χ4v) is 3.93. The van der Waals surface area contributed by atoms with Gasteiger partial charge in [0.05, 0.1) is 18.6 Å². The maximum absolute atomic E-state index is 13.1. The molecule has 1 aromatic heterocycles. The number of aromatic amines is 1. The highest BCUT2D eigenvalue weighted by atomic mass is 16.5. The van der Waals surface area contributed by atoms with Gasteiger partial charge < -0.3 is 25.4 Å². The monoisotopic (exact) mass is 497 g/mol. The Bertz CT molecular complexity index is 1480. The summed E-state index contributed by atoms with van der Waals surface area (Å²) in [5, 5.41) is 8.35. The number of methoxy groups -OCH3 is 1. The van der Waals surface area contributed by atoms with E-state index < -0.39 is 23.3 Å². The minimum absolute atomic E-state index is 0.0442. The normalized spacial score (nSPS) is 14.2. The number of anilines is 4. The molecular weight excluding hydrogens is 474 g/mol. The average Bonchev–Trinajstić information content (AvgIpc) is 2.90. The van der Waals surface area contributed by atoms with Crippen LogP contribution in [0, 0.1) is 0 Å². The number of nitrogens with zero attached hydrogens (tertiary/aromatic N) is 1. The zero-order valence-electron chi connectivity index (χ0n) is 19.8. The van der Waals surface area contributed by atoms with E-state index in [1.54, 1.807) is 55.6 Å². The molecule has 1 atom stereocenters. The fraction of sp³-hybridized carbons (Fsp3) is 0.111. The lowest BCUT2D eigenvalue weighted by molar-refractivity contribution is -0.123. The number of hydrogen-bond donors (Lipinski definition) is 4. The molecular formula is C27H23N5O5. The number of rotatable bonds is 7. The van der Waals surface area contributed by atoms with Crippen molar-refractivity contribution >= 4 is 35.0 Å². The minimum Gasteiger partial charge on any atom is -0.497 e. The van der Waals surface area contributed by atoms with E-state index in [-0.39, 0.29) is 23.8 Å². The van der Waals surface area contributed by atoms with Crippen LogP contribution in [0.2, 0.25) is 0 Å². The van der Waals surface area contributed by atoms with Crippen molar-refractivity contribution in [2.75, 3.05) is 23.1 Å². The number of aromatic nitrogens is 2. The van der Waals surface area contributed by atoms with E-state index in [4.69, 9.17) is 9.47 Å². The second-order valence-corrected chi connectivity index (χ2v) is 8.26. The van der Waals surface area contributed by atoms with Crippen LogP contribution in [0.4, 0.5) is 23.1 Å². The van der Waals surface area contributed by atoms with Crippen LogP contribution in [0.1, 0.15) is 17.9 Å². The number of carbonyl (C=O) groups is 2. The van der Waals surface area contributed by atoms with Crippen molar-refractivity contribution in [2.24, 2.45) is 0 Å². The van der Waals surface area contributed by atoms with Crippen LogP contribution in [0.25, 0.3) is 0 Å². The molecule has 4 N–H and O–H groups in total. The van der Waals surface area contributed by atoms with E-state index in [0.717, 1.165) is 0 Å². The van der Waals surface area contributed by atoms with Gasteiger partial charge in [-0.05, 0) is 60.7 Å². The third kappa shape index (κ3) is 5.43. The van der Waals surface area contributed by atoms with Crippen molar-refractivity contribution in [2.45, 2.75) is 12.3 Å². The zero-order valence-corrected chi connectivity index (χ0v) is 19.8. The molecule has 1 aliphatic heterocycles. The Morgan fingerprint density at radius 3 is 2.24 bits per heavy atom. The topological polar surface area (TPSA) is 134 Å². The van der Waals surface area contributed by atoms with Gasteiger partial charge in [0.1, 0.15) is 23.1 Å². The Hall–Kier alpha value is -5.12. The number of carbonyl (C=O) groups excluding carboxylic acids is 2. The first-order valence-electron chi connectivity index (χ1n) is 11.5. The lowest BCUT2D eigenvalue weighted by atomic mass is 9.92. The Labute approximate surface area is 211 Å². The summed E-state index contributed by atoms with van der Waals surface area (Å²) in [7, 11) is 1.57. The van der Waals surface area contributed by atoms with Crippen LogP contribution in [-0.2, 0) is 9.59 Å². The smallest absolute Gasteiger partial charge is 0.258 e. The molecule has 0 aliphatic carbocycles. The number of para-hydroxylation sites is 1. The number of fused-ring (bicyclic) bond motifs is 1. The first-order chi connectivity index (χ1) is 18.0. The number of hydrogen-bond acceptors (Lipinski definition) is 7. The number of ether oxygens (including phenoxy) is 2. The standard InChI is InChI=1S/C27H23N5O5/c1-36-18-11-7-17(8-12-18)29-27-31-24-23(26(35)32-27)21(15-22(33)30-24)25(34)28-16-9-13-20(14-10-16)37-19-5-3-2-4-6-19/h2-14,21H,15H2,1H3,(H,28,34)(H3,29,30,31,32,33,35)/t21-/m0/s1. The largest absolute Gasteiger partial charge is 0.497 e. The Balaban J connectivity index is 1.32. The second kappa shape index (κ2) is 10.2. The molecule has 37 heavy (non-hydrogen) atoms. The van der Waals surface area contributed by atoms with Gasteiger partial charge in [-0.1, -0.05) is 18.2 Å². The summed E-state index contributed by atoms with van der Waals surface area (Å²) in [6, 6.07) is 23.1. The van der Waals surface area contributed by atoms with Crippen molar-refractivity contribution in [1.82, 2.24) is 9.97 Å². The molecule has 2 heterocycles. The SMILES string of the molecule is COc1ccc(Nc2nc3c(c(=O)[nH]2)[C@@H](C(=O)Nc2ccc(Oc4ccccc4)cc2)CC(=O)N3)cc1. The number of amides is 2. The molecule has 0 saturated heterocycles. The first-order valence-corrected chi connectivity index (χ1v) is 11.5. The minimum atomic E-state index is -1.00. The van der Waals surface area contributed by atoms with Crippen molar-refractivity contribution < 1.29 is 19.1 Å². The second-order valence-electron chi connectivity index (χ2n) is 8.26. The predicted octanol–water partition coefficient (Wildman–Crippen LogP) is 4.38. The van der Waals surface area contributed by atoms with Gasteiger partial charge in [0.2, 0.25) is 17.8 Å². The number of benzene rings is 3. The highest BCUT2D eigenvalue weighted by Crippen LogP contribution is 2.31. The summed E-state index contributed by atoms with van der Waals surface area (Å²) in [5.74, 6) is 0.240. The zero-order chi connectivity index (χ0) is 25.8. The fourth-order valence-electron chi connectivity index (χ4n) is 3.93. The molecule has 0 unspecified atom stereocenters. The molecule has 4 aromatic rings. The third-order valence-corrected chi connectivity index (χ3v) is 5.72. The van der Waals surface area contributed by atoms with Gasteiger partial charge in [-0.3, -0.25) is 19.4 Å². The molecule has 10 heteroatoms. The van der Waals surface area contributed by atoms with Crippen LogP contribution >= 0.6 is 0 Å². The summed E-state index contributed by atoms with van der Waals surface area (Å²) < 4.78 is 10.9.